The van der Waals surface area contributed by atoms with Crippen molar-refractivity contribution in [1.82, 2.24) is 14.9 Å². The minimum absolute atomic E-state index is 0.168. The van der Waals surface area contributed by atoms with Gasteiger partial charge in [0.25, 0.3) is 5.91 Å². The standard InChI is InChI=1S/C17H19N3OS/c1-11-6-9-22-16(11)17(21)20-7-4-13-14(5-8-20)18-10-19-15(13)12-2-3-12/h6,9-10,12H,2-5,7-8H2,1H3. The summed E-state index contributed by atoms with van der Waals surface area (Å²) >= 11 is 1.54. The fourth-order valence-electron chi connectivity index (χ4n) is 3.20. The molecule has 0 saturated heterocycles. The number of hydrogen-bond acceptors (Lipinski definition) is 4. The molecule has 1 saturated carbocycles. The normalized spacial score (nSPS) is 18.0. The van der Waals surface area contributed by atoms with Gasteiger partial charge in [-0.25, -0.2) is 9.97 Å². The van der Waals surface area contributed by atoms with Gasteiger partial charge in [-0.15, -0.1) is 11.3 Å². The molecule has 1 aliphatic heterocycles. The Hall–Kier alpha value is -1.75. The van der Waals surface area contributed by atoms with E-state index in [1.165, 1.54) is 24.1 Å². The Morgan fingerprint density at radius 3 is 2.82 bits per heavy atom. The van der Waals surface area contributed by atoms with E-state index in [9.17, 15) is 4.79 Å². The summed E-state index contributed by atoms with van der Waals surface area (Å²) in [5.41, 5.74) is 4.78. The van der Waals surface area contributed by atoms with Gasteiger partial charge in [0.1, 0.15) is 6.33 Å². The molecule has 1 aliphatic carbocycles. The summed E-state index contributed by atoms with van der Waals surface area (Å²) in [7, 11) is 0. The number of amides is 1. The maximum Gasteiger partial charge on any atom is 0.264 e. The van der Waals surface area contributed by atoms with Gasteiger partial charge in [0.05, 0.1) is 10.6 Å². The molecule has 114 valence electrons. The maximum atomic E-state index is 12.7. The van der Waals surface area contributed by atoms with Crippen molar-refractivity contribution >= 4 is 17.2 Å². The molecule has 4 nitrogen and oxygen atoms in total. The van der Waals surface area contributed by atoms with Crippen LogP contribution in [0.5, 0.6) is 0 Å². The van der Waals surface area contributed by atoms with E-state index in [1.54, 1.807) is 17.7 Å². The first-order valence-electron chi connectivity index (χ1n) is 7.90. The largest absolute Gasteiger partial charge is 0.337 e. The Kier molecular flexibility index (Phi) is 3.45. The topological polar surface area (TPSA) is 46.1 Å². The highest BCUT2D eigenvalue weighted by Gasteiger charge is 2.31. The minimum Gasteiger partial charge on any atom is -0.337 e. The van der Waals surface area contributed by atoms with E-state index in [2.05, 4.69) is 9.97 Å². The second-order valence-corrected chi connectivity index (χ2v) is 7.10. The third-order valence-corrected chi connectivity index (χ3v) is 5.63. The van der Waals surface area contributed by atoms with E-state index >= 15 is 0 Å². The van der Waals surface area contributed by atoms with E-state index in [0.717, 1.165) is 42.1 Å². The average Bonchev–Trinajstić information content (AvgIpc) is 3.31. The van der Waals surface area contributed by atoms with E-state index < -0.39 is 0 Å². The second-order valence-electron chi connectivity index (χ2n) is 6.18. The first kappa shape index (κ1) is 13.9. The molecule has 5 heteroatoms. The molecule has 1 amide bonds. The molecule has 0 bridgehead atoms. The van der Waals surface area contributed by atoms with Crippen LogP contribution in [0, 0.1) is 6.92 Å². The minimum atomic E-state index is 0.168. The Bertz CT molecular complexity index is 720. The van der Waals surface area contributed by atoms with Crippen LogP contribution in [0.3, 0.4) is 0 Å². The van der Waals surface area contributed by atoms with Gasteiger partial charge in [-0.2, -0.15) is 0 Å². The number of thiophene rings is 1. The van der Waals surface area contributed by atoms with Crippen LogP contribution < -0.4 is 0 Å². The maximum absolute atomic E-state index is 12.7. The molecule has 0 N–H and O–H groups in total. The zero-order valence-electron chi connectivity index (χ0n) is 12.7. The van der Waals surface area contributed by atoms with Crippen molar-refractivity contribution in [1.29, 1.82) is 0 Å². The van der Waals surface area contributed by atoms with Gasteiger partial charge in [-0.05, 0) is 48.8 Å². The highest BCUT2D eigenvalue weighted by Crippen LogP contribution is 2.41. The highest BCUT2D eigenvalue weighted by molar-refractivity contribution is 7.12. The molecule has 0 unspecified atom stereocenters. The molecule has 0 aromatic carbocycles. The summed E-state index contributed by atoms with van der Waals surface area (Å²) in [6.07, 6.45) is 5.93. The number of carbonyl (C=O) groups is 1. The van der Waals surface area contributed by atoms with Gasteiger partial charge in [-0.3, -0.25) is 4.79 Å². The summed E-state index contributed by atoms with van der Waals surface area (Å²) in [6, 6.07) is 2.02. The van der Waals surface area contributed by atoms with Crippen LogP contribution in [0.1, 0.15) is 50.9 Å². The van der Waals surface area contributed by atoms with E-state index in [1.807, 2.05) is 23.3 Å². The SMILES string of the molecule is Cc1ccsc1C(=O)N1CCc2ncnc(C3CC3)c2CC1. The van der Waals surface area contributed by atoms with Crippen molar-refractivity contribution in [2.24, 2.45) is 0 Å². The summed E-state index contributed by atoms with van der Waals surface area (Å²) < 4.78 is 0. The van der Waals surface area contributed by atoms with Crippen molar-refractivity contribution in [3.05, 3.63) is 45.2 Å². The molecular formula is C17H19N3OS. The predicted octanol–water partition coefficient (Wildman–Crippen LogP) is 2.96. The number of fused-ring (bicyclic) bond motifs is 1. The van der Waals surface area contributed by atoms with Crippen LogP contribution in [-0.4, -0.2) is 33.9 Å². The third kappa shape index (κ3) is 2.43. The van der Waals surface area contributed by atoms with Crippen LogP contribution in [0.4, 0.5) is 0 Å². The zero-order chi connectivity index (χ0) is 15.1. The molecule has 0 atom stereocenters. The third-order valence-electron chi connectivity index (χ3n) is 4.63. The molecule has 0 spiro atoms. The van der Waals surface area contributed by atoms with Crippen molar-refractivity contribution in [2.45, 2.75) is 38.5 Å². The van der Waals surface area contributed by atoms with Gasteiger partial charge in [0, 0.05) is 31.1 Å². The lowest BCUT2D eigenvalue weighted by molar-refractivity contribution is 0.0767. The molecule has 4 rings (SSSR count). The molecule has 2 aromatic heterocycles. The summed E-state index contributed by atoms with van der Waals surface area (Å²) in [6.45, 7) is 3.54. The van der Waals surface area contributed by atoms with Gasteiger partial charge in [0.2, 0.25) is 0 Å². The number of carbonyl (C=O) groups excluding carboxylic acids is 1. The smallest absolute Gasteiger partial charge is 0.264 e. The van der Waals surface area contributed by atoms with Gasteiger partial charge in [0.15, 0.2) is 0 Å². The molecule has 1 fully saturated rings. The van der Waals surface area contributed by atoms with Gasteiger partial charge >= 0.3 is 0 Å². The van der Waals surface area contributed by atoms with Crippen LogP contribution in [0.2, 0.25) is 0 Å². The molecule has 2 aliphatic rings. The fraction of sp³-hybridized carbons (Fsp3) is 0.471. The van der Waals surface area contributed by atoms with Crippen LogP contribution in [0.15, 0.2) is 17.8 Å². The first-order chi connectivity index (χ1) is 10.7. The Morgan fingerprint density at radius 2 is 2.09 bits per heavy atom. The summed E-state index contributed by atoms with van der Waals surface area (Å²) in [4.78, 5) is 24.6. The Balaban J connectivity index is 1.58. The summed E-state index contributed by atoms with van der Waals surface area (Å²) in [5.74, 6) is 0.805. The van der Waals surface area contributed by atoms with Crippen LogP contribution >= 0.6 is 11.3 Å². The quantitative estimate of drug-likeness (QED) is 0.856. The van der Waals surface area contributed by atoms with Crippen molar-refractivity contribution in [2.75, 3.05) is 13.1 Å². The highest BCUT2D eigenvalue weighted by atomic mass is 32.1. The number of rotatable bonds is 2. The number of aromatic nitrogens is 2. The molecule has 2 aromatic rings. The van der Waals surface area contributed by atoms with Gasteiger partial charge < -0.3 is 4.90 Å². The second kappa shape index (κ2) is 5.47. The molecular weight excluding hydrogens is 294 g/mol. The lowest BCUT2D eigenvalue weighted by atomic mass is 10.0. The first-order valence-corrected chi connectivity index (χ1v) is 8.78. The summed E-state index contributed by atoms with van der Waals surface area (Å²) in [5, 5.41) is 1.99. The average molecular weight is 313 g/mol. The van der Waals surface area contributed by atoms with Crippen molar-refractivity contribution in [3.8, 4) is 0 Å². The monoisotopic (exact) mass is 313 g/mol. The van der Waals surface area contributed by atoms with E-state index in [0.29, 0.717) is 5.92 Å². The number of hydrogen-bond donors (Lipinski definition) is 0. The number of aryl methyl sites for hydroxylation is 1. The van der Waals surface area contributed by atoms with Crippen LogP contribution in [0.25, 0.3) is 0 Å². The van der Waals surface area contributed by atoms with Gasteiger partial charge in [-0.1, -0.05) is 0 Å². The van der Waals surface area contributed by atoms with Crippen molar-refractivity contribution in [3.63, 3.8) is 0 Å². The number of nitrogens with zero attached hydrogens (tertiary/aromatic N) is 3. The predicted molar refractivity (Wildman–Crippen MR) is 86.4 cm³/mol. The van der Waals surface area contributed by atoms with Crippen LogP contribution in [-0.2, 0) is 12.8 Å². The van der Waals surface area contributed by atoms with Crippen molar-refractivity contribution < 1.29 is 4.79 Å². The Labute approximate surface area is 134 Å². The zero-order valence-corrected chi connectivity index (χ0v) is 13.5. The van der Waals surface area contributed by atoms with E-state index in [4.69, 9.17) is 0 Å². The molecule has 3 heterocycles. The van der Waals surface area contributed by atoms with E-state index in [-0.39, 0.29) is 5.91 Å². The molecule has 22 heavy (non-hydrogen) atoms. The fourth-order valence-corrected chi connectivity index (χ4v) is 4.09. The lowest BCUT2D eigenvalue weighted by Crippen LogP contribution is -2.33. The Morgan fingerprint density at radius 1 is 1.27 bits per heavy atom. The molecule has 0 radical (unpaired) electrons. The lowest BCUT2D eigenvalue weighted by Gasteiger charge is -2.19.